The van der Waals surface area contributed by atoms with E-state index in [9.17, 15) is 0 Å². The molecule has 0 aliphatic carbocycles. The molecule has 2 bridgehead atoms. The SMILES string of the molecule is Cc1cc(C(C)NC2CC3CCCC(C2)N3C)c(C)o1. The van der Waals surface area contributed by atoms with Crippen molar-refractivity contribution in [2.45, 2.75) is 77.0 Å². The van der Waals surface area contributed by atoms with Crippen molar-refractivity contribution in [1.82, 2.24) is 10.2 Å². The van der Waals surface area contributed by atoms with Crippen molar-refractivity contribution < 1.29 is 4.42 Å². The number of nitrogens with one attached hydrogen (secondary N) is 1. The molecule has 0 radical (unpaired) electrons. The molecule has 3 atom stereocenters. The number of fused-ring (bicyclic) bond motifs is 2. The molecule has 2 saturated heterocycles. The maximum absolute atomic E-state index is 5.67. The van der Waals surface area contributed by atoms with Crippen LogP contribution in [0.3, 0.4) is 0 Å². The van der Waals surface area contributed by atoms with E-state index in [1.54, 1.807) is 0 Å². The van der Waals surface area contributed by atoms with E-state index in [4.69, 9.17) is 4.42 Å². The summed E-state index contributed by atoms with van der Waals surface area (Å²) in [5.41, 5.74) is 1.33. The third-order valence-electron chi connectivity index (χ3n) is 5.37. The molecule has 0 spiro atoms. The molecule has 1 N–H and O–H groups in total. The Morgan fingerprint density at radius 1 is 1.25 bits per heavy atom. The van der Waals surface area contributed by atoms with Crippen molar-refractivity contribution in [2.75, 3.05) is 7.05 Å². The minimum absolute atomic E-state index is 0.390. The Morgan fingerprint density at radius 2 is 1.90 bits per heavy atom. The number of rotatable bonds is 3. The van der Waals surface area contributed by atoms with Crippen LogP contribution in [0.2, 0.25) is 0 Å². The van der Waals surface area contributed by atoms with Gasteiger partial charge in [0.15, 0.2) is 0 Å². The fourth-order valence-corrected chi connectivity index (χ4v) is 4.28. The summed E-state index contributed by atoms with van der Waals surface area (Å²) in [7, 11) is 2.32. The molecule has 3 nitrogen and oxygen atoms in total. The second kappa shape index (κ2) is 5.53. The predicted molar refractivity (Wildman–Crippen MR) is 81.9 cm³/mol. The fourth-order valence-electron chi connectivity index (χ4n) is 4.28. The molecule has 0 aromatic carbocycles. The quantitative estimate of drug-likeness (QED) is 0.915. The van der Waals surface area contributed by atoms with Crippen molar-refractivity contribution in [3.63, 3.8) is 0 Å². The average molecular weight is 276 g/mol. The van der Waals surface area contributed by atoms with Gasteiger partial charge in [0.2, 0.25) is 0 Å². The largest absolute Gasteiger partial charge is 0.466 e. The first-order chi connectivity index (χ1) is 9.54. The summed E-state index contributed by atoms with van der Waals surface area (Å²) in [6.07, 6.45) is 6.77. The normalized spacial score (nSPS) is 32.3. The first-order valence-corrected chi connectivity index (χ1v) is 8.09. The van der Waals surface area contributed by atoms with Gasteiger partial charge >= 0.3 is 0 Å². The van der Waals surface area contributed by atoms with Gasteiger partial charge in [-0.1, -0.05) is 6.42 Å². The molecule has 1 aromatic rings. The summed E-state index contributed by atoms with van der Waals surface area (Å²) >= 11 is 0. The number of aryl methyl sites for hydroxylation is 2. The van der Waals surface area contributed by atoms with E-state index in [0.717, 1.165) is 23.6 Å². The molecule has 0 amide bonds. The molecule has 3 heterocycles. The molecule has 0 saturated carbocycles. The van der Waals surface area contributed by atoms with Gasteiger partial charge in [-0.25, -0.2) is 0 Å². The molecule has 20 heavy (non-hydrogen) atoms. The molecular weight excluding hydrogens is 248 g/mol. The van der Waals surface area contributed by atoms with Gasteiger partial charge in [-0.05, 0) is 59.6 Å². The second-order valence-electron chi connectivity index (χ2n) is 6.83. The number of furan rings is 1. The van der Waals surface area contributed by atoms with Crippen LogP contribution >= 0.6 is 0 Å². The van der Waals surface area contributed by atoms with Crippen LogP contribution in [0.4, 0.5) is 0 Å². The minimum Gasteiger partial charge on any atom is -0.466 e. The zero-order chi connectivity index (χ0) is 14.3. The van der Waals surface area contributed by atoms with Crippen LogP contribution in [-0.2, 0) is 0 Å². The monoisotopic (exact) mass is 276 g/mol. The maximum atomic E-state index is 5.67. The molecule has 3 rings (SSSR count). The Morgan fingerprint density at radius 3 is 2.45 bits per heavy atom. The number of nitrogens with zero attached hydrogens (tertiary/aromatic N) is 1. The summed E-state index contributed by atoms with van der Waals surface area (Å²) in [6.45, 7) is 6.37. The molecule has 3 unspecified atom stereocenters. The van der Waals surface area contributed by atoms with Gasteiger partial charge in [-0.2, -0.15) is 0 Å². The third-order valence-corrected chi connectivity index (χ3v) is 5.37. The smallest absolute Gasteiger partial charge is 0.105 e. The predicted octanol–water partition coefficient (Wildman–Crippen LogP) is 3.56. The van der Waals surface area contributed by atoms with E-state index < -0.39 is 0 Å². The van der Waals surface area contributed by atoms with Crippen molar-refractivity contribution in [2.24, 2.45) is 0 Å². The van der Waals surface area contributed by atoms with Crippen molar-refractivity contribution in [3.8, 4) is 0 Å². The Kier molecular flexibility index (Phi) is 3.91. The van der Waals surface area contributed by atoms with Gasteiger partial charge < -0.3 is 14.6 Å². The summed E-state index contributed by atoms with van der Waals surface area (Å²) in [5, 5.41) is 3.85. The van der Waals surface area contributed by atoms with Crippen LogP contribution in [0.25, 0.3) is 0 Å². The van der Waals surface area contributed by atoms with E-state index >= 15 is 0 Å². The van der Waals surface area contributed by atoms with Crippen LogP contribution < -0.4 is 5.32 Å². The molecular formula is C17H28N2O. The first-order valence-electron chi connectivity index (χ1n) is 8.09. The summed E-state index contributed by atoms with van der Waals surface area (Å²) in [5.74, 6) is 2.09. The van der Waals surface area contributed by atoms with Gasteiger partial charge in [-0.3, -0.25) is 0 Å². The number of hydrogen-bond donors (Lipinski definition) is 1. The Balaban J connectivity index is 1.65. The highest BCUT2D eigenvalue weighted by Crippen LogP contribution is 2.33. The van der Waals surface area contributed by atoms with Gasteiger partial charge in [-0.15, -0.1) is 0 Å². The molecule has 1 aromatic heterocycles. The maximum Gasteiger partial charge on any atom is 0.105 e. The number of piperidine rings is 2. The van der Waals surface area contributed by atoms with Crippen molar-refractivity contribution in [1.29, 1.82) is 0 Å². The lowest BCUT2D eigenvalue weighted by atomic mass is 9.82. The van der Waals surface area contributed by atoms with Crippen LogP contribution in [0.15, 0.2) is 10.5 Å². The van der Waals surface area contributed by atoms with E-state index in [-0.39, 0.29) is 0 Å². The fraction of sp³-hybridized carbons (Fsp3) is 0.765. The standard InChI is InChI=1S/C17H28N2O/c1-11-8-17(13(3)20-11)12(2)18-14-9-15-6-5-7-16(10-14)19(15)4/h8,12,14-16,18H,5-7,9-10H2,1-4H3. The highest BCUT2D eigenvalue weighted by molar-refractivity contribution is 5.23. The van der Waals surface area contributed by atoms with Crippen molar-refractivity contribution >= 4 is 0 Å². The Bertz CT molecular complexity index is 454. The van der Waals surface area contributed by atoms with Crippen LogP contribution in [-0.4, -0.2) is 30.1 Å². The molecule has 112 valence electrons. The summed E-state index contributed by atoms with van der Waals surface area (Å²) in [4.78, 5) is 2.62. The lowest BCUT2D eigenvalue weighted by Gasteiger charge is -2.47. The molecule has 2 fully saturated rings. The van der Waals surface area contributed by atoms with Gasteiger partial charge in [0.25, 0.3) is 0 Å². The zero-order valence-electron chi connectivity index (χ0n) is 13.3. The highest BCUT2D eigenvalue weighted by Gasteiger charge is 2.36. The lowest BCUT2D eigenvalue weighted by molar-refractivity contribution is 0.0462. The molecule has 3 heteroatoms. The second-order valence-corrected chi connectivity index (χ2v) is 6.83. The zero-order valence-corrected chi connectivity index (χ0v) is 13.3. The van der Waals surface area contributed by atoms with Gasteiger partial charge in [0, 0.05) is 29.7 Å². The third kappa shape index (κ3) is 2.66. The van der Waals surface area contributed by atoms with E-state index in [2.05, 4.69) is 37.2 Å². The lowest BCUT2D eigenvalue weighted by Crippen LogP contribution is -2.54. The van der Waals surface area contributed by atoms with E-state index in [1.165, 1.54) is 37.7 Å². The summed E-state index contributed by atoms with van der Waals surface area (Å²) in [6, 6.07) is 4.81. The van der Waals surface area contributed by atoms with E-state index in [0.29, 0.717) is 12.1 Å². The summed E-state index contributed by atoms with van der Waals surface area (Å²) < 4.78 is 5.67. The molecule has 2 aliphatic heterocycles. The highest BCUT2D eigenvalue weighted by atomic mass is 16.3. The van der Waals surface area contributed by atoms with Crippen LogP contribution in [0.1, 0.15) is 62.2 Å². The van der Waals surface area contributed by atoms with E-state index in [1.807, 2.05) is 6.92 Å². The van der Waals surface area contributed by atoms with Gasteiger partial charge in [0.1, 0.15) is 11.5 Å². The molecule has 2 aliphatic rings. The topological polar surface area (TPSA) is 28.4 Å². The van der Waals surface area contributed by atoms with Crippen molar-refractivity contribution in [3.05, 3.63) is 23.2 Å². The van der Waals surface area contributed by atoms with Crippen LogP contribution in [0, 0.1) is 13.8 Å². The Hall–Kier alpha value is -0.800. The van der Waals surface area contributed by atoms with Crippen LogP contribution in [0.5, 0.6) is 0 Å². The van der Waals surface area contributed by atoms with Gasteiger partial charge in [0.05, 0.1) is 0 Å². The first kappa shape index (κ1) is 14.2. The minimum atomic E-state index is 0.390. The average Bonchev–Trinajstić information content (AvgIpc) is 2.70. The number of hydrogen-bond acceptors (Lipinski definition) is 3. The Labute approximate surface area is 122 Å².